The average Bonchev–Trinajstić information content (AvgIpc) is 2.97. The highest BCUT2D eigenvalue weighted by Gasteiger charge is 2.36. The normalized spacial score (nSPS) is 13.7. The smallest absolute Gasteiger partial charge is 0.230 e. The number of hydrogen-bond acceptors (Lipinski definition) is 3. The van der Waals surface area contributed by atoms with Gasteiger partial charge in [-0.05, 0) is 17.7 Å². The second-order valence-electron chi connectivity index (χ2n) is 4.33. The summed E-state index contributed by atoms with van der Waals surface area (Å²) in [7, 11) is 0. The number of aromatic amines is 2. The fourth-order valence-electron chi connectivity index (χ4n) is 2.46. The Morgan fingerprint density at radius 1 is 1.00 bits per heavy atom. The highest BCUT2D eigenvalue weighted by molar-refractivity contribution is 6.33. The van der Waals surface area contributed by atoms with E-state index in [-0.39, 0.29) is 33.9 Å². The number of aromatic nitrogens is 3. The zero-order chi connectivity index (χ0) is 13.1. The van der Waals surface area contributed by atoms with Crippen LogP contribution < -0.4 is 0 Å². The lowest BCUT2D eigenvalue weighted by Gasteiger charge is -2.08. The summed E-state index contributed by atoms with van der Waals surface area (Å²) in [4.78, 5) is 34.2. The third-order valence-corrected chi connectivity index (χ3v) is 3.46. The van der Waals surface area contributed by atoms with Crippen molar-refractivity contribution in [3.63, 3.8) is 0 Å². The van der Waals surface area contributed by atoms with Gasteiger partial charge in [0, 0.05) is 10.9 Å². The van der Waals surface area contributed by atoms with Gasteiger partial charge in [0.2, 0.25) is 16.9 Å². The summed E-state index contributed by atoms with van der Waals surface area (Å²) in [6, 6.07) is 7.29. The second-order valence-corrected chi connectivity index (χ2v) is 4.69. The number of nitrogens with one attached hydrogen (secondary N) is 2. The Hall–Kier alpha value is -2.40. The molecule has 4 rings (SSSR count). The van der Waals surface area contributed by atoms with Crippen molar-refractivity contribution in [1.29, 1.82) is 0 Å². The molecule has 0 unspecified atom stereocenters. The van der Waals surface area contributed by atoms with Crippen LogP contribution in [0.15, 0.2) is 24.3 Å². The molecule has 0 aliphatic heterocycles. The van der Waals surface area contributed by atoms with Crippen LogP contribution in [-0.4, -0.2) is 26.5 Å². The van der Waals surface area contributed by atoms with Gasteiger partial charge < -0.3 is 9.97 Å². The van der Waals surface area contributed by atoms with E-state index in [1.54, 1.807) is 6.07 Å². The number of carbonyl (C=O) groups is 2. The quantitative estimate of drug-likeness (QED) is 0.515. The molecule has 0 bridgehead atoms. The number of H-pyrrole nitrogens is 2. The van der Waals surface area contributed by atoms with Crippen LogP contribution in [0.1, 0.15) is 32.2 Å². The van der Waals surface area contributed by atoms with E-state index < -0.39 is 0 Å². The Morgan fingerprint density at radius 3 is 2.63 bits per heavy atom. The molecule has 2 N–H and O–H groups in total. The molecule has 92 valence electrons. The standard InChI is InChI=1S/C13H6ClN3O2/c14-13-16-9-10(17-13)12(19)8-7(11(9)18)5-3-1-2-4-6(5)15-8/h1-4,15H,(H,16,17). The fraction of sp³-hybridized carbons (Fsp3) is 0. The van der Waals surface area contributed by atoms with Gasteiger partial charge in [0.25, 0.3) is 0 Å². The highest BCUT2D eigenvalue weighted by Crippen LogP contribution is 2.31. The van der Waals surface area contributed by atoms with Crippen LogP contribution in [-0.2, 0) is 0 Å². The van der Waals surface area contributed by atoms with Crippen LogP contribution in [0.2, 0.25) is 5.28 Å². The molecule has 1 aromatic carbocycles. The van der Waals surface area contributed by atoms with Crippen LogP contribution in [0.4, 0.5) is 0 Å². The number of carbonyl (C=O) groups excluding carboxylic acids is 2. The molecule has 0 fully saturated rings. The Kier molecular flexibility index (Phi) is 1.84. The van der Waals surface area contributed by atoms with Crippen molar-refractivity contribution >= 4 is 34.1 Å². The first-order valence-corrected chi connectivity index (χ1v) is 6.00. The van der Waals surface area contributed by atoms with Crippen LogP contribution >= 0.6 is 11.6 Å². The van der Waals surface area contributed by atoms with Crippen molar-refractivity contribution in [2.24, 2.45) is 0 Å². The number of hydrogen-bond donors (Lipinski definition) is 2. The van der Waals surface area contributed by atoms with Crippen molar-refractivity contribution in [3.05, 3.63) is 52.2 Å². The summed E-state index contributed by atoms with van der Waals surface area (Å²) in [5, 5.41) is 0.772. The lowest BCUT2D eigenvalue weighted by molar-refractivity contribution is 0.0973. The average molecular weight is 272 g/mol. The molecule has 0 saturated heterocycles. The number of nitrogens with zero attached hydrogens (tertiary/aromatic N) is 1. The van der Waals surface area contributed by atoms with Gasteiger partial charge in [-0.2, -0.15) is 0 Å². The lowest BCUT2D eigenvalue weighted by atomic mass is 9.94. The molecule has 6 heteroatoms. The van der Waals surface area contributed by atoms with Gasteiger partial charge in [0.05, 0.1) is 5.56 Å². The first-order valence-electron chi connectivity index (χ1n) is 5.62. The van der Waals surface area contributed by atoms with E-state index in [1.165, 1.54) is 0 Å². The molecule has 1 aliphatic carbocycles. The van der Waals surface area contributed by atoms with E-state index in [2.05, 4.69) is 15.0 Å². The van der Waals surface area contributed by atoms with Crippen molar-refractivity contribution in [2.75, 3.05) is 0 Å². The number of imidazole rings is 1. The minimum atomic E-state index is -0.316. The third-order valence-electron chi connectivity index (χ3n) is 3.28. The van der Waals surface area contributed by atoms with Gasteiger partial charge >= 0.3 is 0 Å². The van der Waals surface area contributed by atoms with Crippen LogP contribution in [0.25, 0.3) is 10.9 Å². The summed E-state index contributed by atoms with van der Waals surface area (Å²) >= 11 is 5.73. The van der Waals surface area contributed by atoms with Gasteiger partial charge in [0.15, 0.2) is 0 Å². The van der Waals surface area contributed by atoms with Gasteiger partial charge in [-0.1, -0.05) is 18.2 Å². The predicted molar refractivity (Wildman–Crippen MR) is 68.8 cm³/mol. The van der Waals surface area contributed by atoms with Crippen LogP contribution in [0.3, 0.4) is 0 Å². The molecule has 19 heavy (non-hydrogen) atoms. The molecule has 1 aliphatic rings. The van der Waals surface area contributed by atoms with E-state index in [9.17, 15) is 9.59 Å². The zero-order valence-corrected chi connectivity index (χ0v) is 10.2. The van der Waals surface area contributed by atoms with Gasteiger partial charge in [0.1, 0.15) is 17.1 Å². The summed E-state index contributed by atoms with van der Waals surface area (Å²) in [6.07, 6.45) is 0. The van der Waals surface area contributed by atoms with E-state index in [1.807, 2.05) is 18.2 Å². The zero-order valence-electron chi connectivity index (χ0n) is 9.45. The Morgan fingerprint density at radius 2 is 1.79 bits per heavy atom. The fourth-order valence-corrected chi connectivity index (χ4v) is 2.64. The summed E-state index contributed by atoms with van der Waals surface area (Å²) in [6.45, 7) is 0. The number of halogens is 1. The maximum absolute atomic E-state index is 12.4. The topological polar surface area (TPSA) is 78.6 Å². The molecule has 0 spiro atoms. The summed E-state index contributed by atoms with van der Waals surface area (Å²) in [5.74, 6) is -0.578. The largest absolute Gasteiger partial charge is 0.351 e. The Labute approximate surface area is 111 Å². The number of fused-ring (bicyclic) bond motifs is 4. The molecule has 0 atom stereocenters. The molecule has 0 saturated carbocycles. The van der Waals surface area contributed by atoms with E-state index in [4.69, 9.17) is 11.6 Å². The Bertz CT molecular complexity index is 875. The number of ketones is 2. The molecule has 2 heterocycles. The number of para-hydroxylation sites is 1. The van der Waals surface area contributed by atoms with E-state index in [0.29, 0.717) is 5.56 Å². The number of rotatable bonds is 0. The van der Waals surface area contributed by atoms with Gasteiger partial charge in [-0.15, -0.1) is 0 Å². The molecule has 2 aromatic heterocycles. The molecular weight excluding hydrogens is 266 g/mol. The van der Waals surface area contributed by atoms with Gasteiger partial charge in [-0.3, -0.25) is 9.59 Å². The highest BCUT2D eigenvalue weighted by atomic mass is 35.5. The minimum absolute atomic E-state index is 0.0427. The monoisotopic (exact) mass is 271 g/mol. The maximum Gasteiger partial charge on any atom is 0.230 e. The first-order chi connectivity index (χ1) is 9.16. The summed E-state index contributed by atoms with van der Waals surface area (Å²) in [5.41, 5.74) is 1.65. The lowest BCUT2D eigenvalue weighted by Crippen LogP contribution is -2.20. The van der Waals surface area contributed by atoms with E-state index in [0.717, 1.165) is 10.9 Å². The molecule has 5 nitrogen and oxygen atoms in total. The van der Waals surface area contributed by atoms with Crippen molar-refractivity contribution in [1.82, 2.24) is 15.0 Å². The Balaban J connectivity index is 2.12. The number of benzene rings is 1. The second kappa shape index (κ2) is 3.33. The first kappa shape index (κ1) is 10.5. The third kappa shape index (κ3) is 1.22. The summed E-state index contributed by atoms with van der Waals surface area (Å²) < 4.78 is 0. The molecule has 0 amide bonds. The molecular formula is C13H6ClN3O2. The predicted octanol–water partition coefficient (Wildman–Crippen LogP) is 2.32. The van der Waals surface area contributed by atoms with Gasteiger partial charge in [-0.25, -0.2) is 4.98 Å². The van der Waals surface area contributed by atoms with E-state index >= 15 is 0 Å². The molecule has 3 aromatic rings. The van der Waals surface area contributed by atoms with Crippen molar-refractivity contribution < 1.29 is 9.59 Å². The SMILES string of the molecule is O=C1c2nc(Cl)[nH]c2C(=O)c2c1[nH]c1ccccc21. The van der Waals surface area contributed by atoms with Crippen molar-refractivity contribution in [2.45, 2.75) is 0 Å². The molecule has 0 radical (unpaired) electrons. The maximum atomic E-state index is 12.4. The van der Waals surface area contributed by atoms with Crippen LogP contribution in [0.5, 0.6) is 0 Å². The minimum Gasteiger partial charge on any atom is -0.351 e. The van der Waals surface area contributed by atoms with Crippen LogP contribution in [0, 0.1) is 0 Å². The van der Waals surface area contributed by atoms with Crippen molar-refractivity contribution in [3.8, 4) is 0 Å².